The highest BCUT2D eigenvalue weighted by Gasteiger charge is 2.29. The molecule has 2 fully saturated rings. The zero-order valence-corrected chi connectivity index (χ0v) is 14.9. The van der Waals surface area contributed by atoms with Crippen LogP contribution in [0.4, 0.5) is 5.95 Å². The Bertz CT molecular complexity index is 586. The number of anilines is 1. The van der Waals surface area contributed by atoms with E-state index < -0.39 is 0 Å². The van der Waals surface area contributed by atoms with Gasteiger partial charge in [-0.1, -0.05) is 6.92 Å². The molecule has 0 radical (unpaired) electrons. The van der Waals surface area contributed by atoms with Crippen molar-refractivity contribution in [3.05, 3.63) is 18.5 Å². The molecule has 0 bridgehead atoms. The molecule has 2 saturated heterocycles. The Kier molecular flexibility index (Phi) is 5.83. The minimum Gasteiger partial charge on any atom is -0.339 e. The van der Waals surface area contributed by atoms with Crippen LogP contribution in [-0.2, 0) is 9.59 Å². The van der Waals surface area contributed by atoms with Gasteiger partial charge in [0.25, 0.3) is 0 Å². The van der Waals surface area contributed by atoms with Gasteiger partial charge in [-0.3, -0.25) is 9.59 Å². The number of piperazine rings is 1. The number of aromatic nitrogens is 2. The average molecular weight is 345 g/mol. The number of carbonyl (C=O) groups is 2. The van der Waals surface area contributed by atoms with Crippen molar-refractivity contribution in [3.63, 3.8) is 0 Å². The van der Waals surface area contributed by atoms with Crippen molar-refractivity contribution in [2.24, 2.45) is 0 Å². The van der Waals surface area contributed by atoms with E-state index >= 15 is 0 Å². The molecule has 7 heteroatoms. The summed E-state index contributed by atoms with van der Waals surface area (Å²) in [6.07, 6.45) is 7.70. The monoisotopic (exact) mass is 345 g/mol. The standard InChI is InChI=1S/C18H27N5O2/c1-2-15-6-3-4-9-23(15)17(25)14-16(24)21-10-12-22(13-11-21)18-19-7-5-8-20-18/h5,7-8,15H,2-4,6,9-14H2,1H3. The van der Waals surface area contributed by atoms with E-state index in [0.29, 0.717) is 38.2 Å². The van der Waals surface area contributed by atoms with Gasteiger partial charge < -0.3 is 14.7 Å². The van der Waals surface area contributed by atoms with Gasteiger partial charge in [0.2, 0.25) is 17.8 Å². The van der Waals surface area contributed by atoms with E-state index in [1.165, 1.54) is 6.42 Å². The highest BCUT2D eigenvalue weighted by molar-refractivity contribution is 5.97. The molecule has 1 aromatic heterocycles. The minimum atomic E-state index is -0.0564. The van der Waals surface area contributed by atoms with Gasteiger partial charge in [0.1, 0.15) is 6.42 Å². The van der Waals surface area contributed by atoms with E-state index in [2.05, 4.69) is 21.8 Å². The van der Waals surface area contributed by atoms with Crippen molar-refractivity contribution in [1.29, 1.82) is 0 Å². The van der Waals surface area contributed by atoms with Crippen LogP contribution in [0.5, 0.6) is 0 Å². The number of likely N-dealkylation sites (tertiary alicyclic amines) is 1. The molecule has 0 spiro atoms. The summed E-state index contributed by atoms with van der Waals surface area (Å²) in [6, 6.07) is 2.10. The molecule has 0 saturated carbocycles. The first-order chi connectivity index (χ1) is 12.2. The van der Waals surface area contributed by atoms with Crippen LogP contribution in [-0.4, -0.2) is 70.3 Å². The van der Waals surface area contributed by atoms with Gasteiger partial charge in [0.15, 0.2) is 0 Å². The number of piperidine rings is 1. The van der Waals surface area contributed by atoms with Crippen LogP contribution >= 0.6 is 0 Å². The average Bonchev–Trinajstić information content (AvgIpc) is 2.68. The van der Waals surface area contributed by atoms with E-state index in [9.17, 15) is 9.59 Å². The first-order valence-corrected chi connectivity index (χ1v) is 9.28. The highest BCUT2D eigenvalue weighted by Crippen LogP contribution is 2.20. The topological polar surface area (TPSA) is 69.6 Å². The van der Waals surface area contributed by atoms with Crippen molar-refractivity contribution in [3.8, 4) is 0 Å². The fraction of sp³-hybridized carbons (Fsp3) is 0.667. The predicted molar refractivity (Wildman–Crippen MR) is 95.1 cm³/mol. The number of amides is 2. The summed E-state index contributed by atoms with van der Waals surface area (Å²) in [7, 11) is 0. The van der Waals surface area contributed by atoms with Crippen LogP contribution in [0.25, 0.3) is 0 Å². The molecule has 7 nitrogen and oxygen atoms in total. The summed E-state index contributed by atoms with van der Waals surface area (Å²) < 4.78 is 0. The molecular weight excluding hydrogens is 318 g/mol. The summed E-state index contributed by atoms with van der Waals surface area (Å²) in [4.78, 5) is 39.4. The Hall–Kier alpha value is -2.18. The van der Waals surface area contributed by atoms with Crippen LogP contribution in [0.1, 0.15) is 39.0 Å². The van der Waals surface area contributed by atoms with E-state index in [4.69, 9.17) is 0 Å². The quantitative estimate of drug-likeness (QED) is 0.770. The maximum atomic E-state index is 12.6. The Balaban J connectivity index is 1.50. The van der Waals surface area contributed by atoms with Gasteiger partial charge >= 0.3 is 0 Å². The van der Waals surface area contributed by atoms with Crippen molar-refractivity contribution in [2.75, 3.05) is 37.6 Å². The van der Waals surface area contributed by atoms with E-state index in [1.54, 1.807) is 23.4 Å². The molecule has 0 aromatic carbocycles. The Morgan fingerprint density at radius 1 is 1.04 bits per heavy atom. The summed E-state index contributed by atoms with van der Waals surface area (Å²) in [5, 5.41) is 0. The first kappa shape index (κ1) is 17.6. The number of hydrogen-bond donors (Lipinski definition) is 0. The molecule has 0 aliphatic carbocycles. The van der Waals surface area contributed by atoms with Crippen molar-refractivity contribution >= 4 is 17.8 Å². The maximum absolute atomic E-state index is 12.6. The first-order valence-electron chi connectivity index (χ1n) is 9.28. The second-order valence-corrected chi connectivity index (χ2v) is 6.74. The fourth-order valence-electron chi connectivity index (χ4n) is 3.71. The molecule has 2 aliphatic heterocycles. The van der Waals surface area contributed by atoms with Gasteiger partial charge in [0.05, 0.1) is 0 Å². The number of carbonyl (C=O) groups excluding carboxylic acids is 2. The zero-order chi connectivity index (χ0) is 17.6. The predicted octanol–water partition coefficient (Wildman–Crippen LogP) is 1.31. The Morgan fingerprint density at radius 2 is 1.76 bits per heavy atom. The van der Waals surface area contributed by atoms with Gasteiger partial charge in [0, 0.05) is 51.2 Å². The summed E-state index contributed by atoms with van der Waals surface area (Å²) >= 11 is 0. The van der Waals surface area contributed by atoms with Gasteiger partial charge in [-0.05, 0) is 31.7 Å². The Morgan fingerprint density at radius 3 is 2.44 bits per heavy atom. The van der Waals surface area contributed by atoms with Crippen LogP contribution < -0.4 is 4.90 Å². The van der Waals surface area contributed by atoms with Gasteiger partial charge in [-0.15, -0.1) is 0 Å². The van der Waals surface area contributed by atoms with E-state index in [0.717, 1.165) is 25.8 Å². The largest absolute Gasteiger partial charge is 0.339 e. The third-order valence-electron chi connectivity index (χ3n) is 5.19. The van der Waals surface area contributed by atoms with Crippen molar-refractivity contribution < 1.29 is 9.59 Å². The van der Waals surface area contributed by atoms with Crippen molar-refractivity contribution in [2.45, 2.75) is 45.1 Å². The van der Waals surface area contributed by atoms with E-state index in [1.807, 2.05) is 4.90 Å². The summed E-state index contributed by atoms with van der Waals surface area (Å²) in [5.41, 5.74) is 0. The number of hydrogen-bond acceptors (Lipinski definition) is 5. The second kappa shape index (κ2) is 8.27. The number of rotatable bonds is 4. The van der Waals surface area contributed by atoms with Gasteiger partial charge in [-0.25, -0.2) is 9.97 Å². The molecule has 2 aliphatic rings. The lowest BCUT2D eigenvalue weighted by Crippen LogP contribution is -2.51. The lowest BCUT2D eigenvalue weighted by atomic mass is 9.99. The van der Waals surface area contributed by atoms with Crippen molar-refractivity contribution in [1.82, 2.24) is 19.8 Å². The van der Waals surface area contributed by atoms with Crippen LogP contribution in [0.2, 0.25) is 0 Å². The molecule has 136 valence electrons. The van der Waals surface area contributed by atoms with E-state index in [-0.39, 0.29) is 18.2 Å². The SMILES string of the molecule is CCC1CCCCN1C(=O)CC(=O)N1CCN(c2ncccn2)CC1. The zero-order valence-electron chi connectivity index (χ0n) is 14.9. The third kappa shape index (κ3) is 4.27. The molecule has 1 unspecified atom stereocenters. The smallest absolute Gasteiger partial charge is 0.232 e. The summed E-state index contributed by atoms with van der Waals surface area (Å²) in [6.45, 7) is 5.53. The fourth-order valence-corrected chi connectivity index (χ4v) is 3.71. The van der Waals surface area contributed by atoms with Crippen LogP contribution in [0.15, 0.2) is 18.5 Å². The molecule has 3 heterocycles. The normalized spacial score (nSPS) is 21.3. The van der Waals surface area contributed by atoms with Crippen LogP contribution in [0.3, 0.4) is 0 Å². The molecule has 2 amide bonds. The molecule has 25 heavy (non-hydrogen) atoms. The van der Waals surface area contributed by atoms with Crippen LogP contribution in [0, 0.1) is 0 Å². The Labute approximate surface area is 149 Å². The lowest BCUT2D eigenvalue weighted by Gasteiger charge is -2.37. The minimum absolute atomic E-state index is 0.00165. The molecule has 1 aromatic rings. The highest BCUT2D eigenvalue weighted by atomic mass is 16.2. The number of nitrogens with zero attached hydrogens (tertiary/aromatic N) is 5. The molecule has 0 N–H and O–H groups in total. The second-order valence-electron chi connectivity index (χ2n) is 6.74. The van der Waals surface area contributed by atoms with Gasteiger partial charge in [-0.2, -0.15) is 0 Å². The molecule has 1 atom stereocenters. The molecule has 3 rings (SSSR count). The maximum Gasteiger partial charge on any atom is 0.232 e. The lowest BCUT2D eigenvalue weighted by molar-refractivity contribution is -0.143. The summed E-state index contributed by atoms with van der Waals surface area (Å²) in [5.74, 6) is 0.634. The third-order valence-corrected chi connectivity index (χ3v) is 5.19. The molecular formula is C18H27N5O2.